The second kappa shape index (κ2) is 4.75. The Kier molecular flexibility index (Phi) is 3.62. The summed E-state index contributed by atoms with van der Waals surface area (Å²) in [5.41, 5.74) is 7.53. The summed E-state index contributed by atoms with van der Waals surface area (Å²) in [4.78, 5) is 0. The lowest BCUT2D eigenvalue weighted by Gasteiger charge is -2.08. The van der Waals surface area contributed by atoms with Gasteiger partial charge in [-0.25, -0.2) is 0 Å². The average molecular weight is 179 g/mol. The van der Waals surface area contributed by atoms with Crippen LogP contribution < -0.4 is 10.5 Å². The number of hydrogen-bond donors (Lipinski definition) is 1. The normalized spacial score (nSPS) is 10.0. The molecular weight excluding hydrogens is 162 g/mol. The highest BCUT2D eigenvalue weighted by molar-refractivity contribution is 5.47. The molecule has 0 saturated heterocycles. The molecule has 0 heterocycles. The van der Waals surface area contributed by atoms with E-state index in [9.17, 15) is 0 Å². The van der Waals surface area contributed by atoms with E-state index >= 15 is 0 Å². The first-order valence-electron chi connectivity index (χ1n) is 4.73. The molecule has 0 unspecified atom stereocenters. The summed E-state index contributed by atoms with van der Waals surface area (Å²) in [5, 5.41) is 0. The Balaban J connectivity index is 2.56. The van der Waals surface area contributed by atoms with Crippen molar-refractivity contribution in [2.45, 2.75) is 26.7 Å². The number of rotatable bonds is 4. The van der Waals surface area contributed by atoms with Gasteiger partial charge in [-0.1, -0.05) is 13.3 Å². The van der Waals surface area contributed by atoms with Crippen molar-refractivity contribution < 1.29 is 4.74 Å². The Hall–Kier alpha value is -1.18. The molecule has 72 valence electrons. The van der Waals surface area contributed by atoms with E-state index in [1.165, 1.54) is 0 Å². The van der Waals surface area contributed by atoms with Crippen LogP contribution in [0.2, 0.25) is 0 Å². The van der Waals surface area contributed by atoms with Gasteiger partial charge in [0.2, 0.25) is 0 Å². The van der Waals surface area contributed by atoms with Crippen molar-refractivity contribution in [2.75, 3.05) is 12.3 Å². The van der Waals surface area contributed by atoms with E-state index in [2.05, 4.69) is 6.92 Å². The maximum atomic E-state index is 5.63. The van der Waals surface area contributed by atoms with Crippen LogP contribution in [0.1, 0.15) is 25.3 Å². The van der Waals surface area contributed by atoms with Gasteiger partial charge >= 0.3 is 0 Å². The molecule has 0 aliphatic rings. The molecule has 2 nitrogen and oxygen atoms in total. The minimum atomic E-state index is 0.792. The van der Waals surface area contributed by atoms with Gasteiger partial charge < -0.3 is 10.5 Å². The Morgan fingerprint density at radius 1 is 1.38 bits per heavy atom. The zero-order valence-corrected chi connectivity index (χ0v) is 8.34. The first-order valence-corrected chi connectivity index (χ1v) is 4.73. The summed E-state index contributed by atoms with van der Waals surface area (Å²) >= 11 is 0. The maximum absolute atomic E-state index is 5.63. The zero-order valence-electron chi connectivity index (χ0n) is 8.34. The summed E-state index contributed by atoms with van der Waals surface area (Å²) < 4.78 is 5.58. The maximum Gasteiger partial charge on any atom is 0.122 e. The van der Waals surface area contributed by atoms with Crippen LogP contribution in [0.5, 0.6) is 5.75 Å². The topological polar surface area (TPSA) is 35.2 Å². The predicted octanol–water partition coefficient (Wildman–Crippen LogP) is 2.76. The first-order chi connectivity index (χ1) is 6.24. The standard InChI is InChI=1S/C11H17NO/c1-3-4-7-13-11-6-5-10(12)8-9(11)2/h5-6,8H,3-4,7,12H2,1-2H3. The number of benzene rings is 1. The number of anilines is 1. The number of hydrogen-bond acceptors (Lipinski definition) is 2. The van der Waals surface area contributed by atoms with E-state index in [0.717, 1.165) is 36.4 Å². The lowest BCUT2D eigenvalue weighted by Crippen LogP contribution is -1.98. The van der Waals surface area contributed by atoms with Gasteiger partial charge in [0.25, 0.3) is 0 Å². The summed E-state index contributed by atoms with van der Waals surface area (Å²) in [5.74, 6) is 0.947. The van der Waals surface area contributed by atoms with Crippen LogP contribution in [0.25, 0.3) is 0 Å². The van der Waals surface area contributed by atoms with Gasteiger partial charge in [-0.15, -0.1) is 0 Å². The minimum Gasteiger partial charge on any atom is -0.493 e. The highest BCUT2D eigenvalue weighted by atomic mass is 16.5. The Morgan fingerprint density at radius 2 is 2.15 bits per heavy atom. The molecule has 1 aromatic carbocycles. The average Bonchev–Trinajstić information content (AvgIpc) is 2.09. The third-order valence-electron chi connectivity index (χ3n) is 1.95. The zero-order chi connectivity index (χ0) is 9.68. The number of nitrogens with two attached hydrogens (primary N) is 1. The molecule has 0 fully saturated rings. The van der Waals surface area contributed by atoms with Crippen molar-refractivity contribution in [3.05, 3.63) is 23.8 Å². The van der Waals surface area contributed by atoms with Crippen LogP contribution in [0, 0.1) is 6.92 Å². The SMILES string of the molecule is CCCCOc1ccc(N)cc1C. The lowest BCUT2D eigenvalue weighted by atomic mass is 10.2. The fourth-order valence-electron chi connectivity index (χ4n) is 1.16. The second-order valence-corrected chi connectivity index (χ2v) is 3.23. The van der Waals surface area contributed by atoms with E-state index < -0.39 is 0 Å². The van der Waals surface area contributed by atoms with Crippen molar-refractivity contribution in [3.8, 4) is 5.75 Å². The van der Waals surface area contributed by atoms with Gasteiger partial charge in [0.05, 0.1) is 6.61 Å². The molecule has 0 spiro atoms. The number of aryl methyl sites for hydroxylation is 1. The van der Waals surface area contributed by atoms with Crippen molar-refractivity contribution >= 4 is 5.69 Å². The molecule has 0 saturated carbocycles. The van der Waals surface area contributed by atoms with Crippen LogP contribution >= 0.6 is 0 Å². The van der Waals surface area contributed by atoms with Crippen molar-refractivity contribution in [1.82, 2.24) is 0 Å². The minimum absolute atomic E-state index is 0.792. The van der Waals surface area contributed by atoms with Gasteiger partial charge in [-0.2, -0.15) is 0 Å². The molecule has 0 atom stereocenters. The molecule has 0 bridgehead atoms. The van der Waals surface area contributed by atoms with E-state index in [0.29, 0.717) is 0 Å². The fraction of sp³-hybridized carbons (Fsp3) is 0.455. The summed E-state index contributed by atoms with van der Waals surface area (Å²) in [6.07, 6.45) is 2.26. The van der Waals surface area contributed by atoms with Gasteiger partial charge in [-0.3, -0.25) is 0 Å². The van der Waals surface area contributed by atoms with Crippen LogP contribution in [0.15, 0.2) is 18.2 Å². The molecule has 0 aliphatic heterocycles. The smallest absolute Gasteiger partial charge is 0.122 e. The number of nitrogen functional groups attached to an aromatic ring is 1. The summed E-state index contributed by atoms with van der Waals surface area (Å²) in [6, 6.07) is 5.73. The Bertz CT molecular complexity index is 271. The summed E-state index contributed by atoms with van der Waals surface area (Å²) in [7, 11) is 0. The third kappa shape index (κ3) is 2.98. The molecule has 2 heteroatoms. The van der Waals surface area contributed by atoms with Crippen LogP contribution in [0.3, 0.4) is 0 Å². The fourth-order valence-corrected chi connectivity index (χ4v) is 1.16. The van der Waals surface area contributed by atoms with Crippen LogP contribution in [-0.2, 0) is 0 Å². The van der Waals surface area contributed by atoms with Crippen LogP contribution in [-0.4, -0.2) is 6.61 Å². The largest absolute Gasteiger partial charge is 0.493 e. The van der Waals surface area contributed by atoms with Gasteiger partial charge in [0.15, 0.2) is 0 Å². The van der Waals surface area contributed by atoms with Crippen molar-refractivity contribution in [3.63, 3.8) is 0 Å². The first kappa shape index (κ1) is 9.90. The molecular formula is C11H17NO. The Morgan fingerprint density at radius 3 is 2.77 bits per heavy atom. The molecule has 0 aromatic heterocycles. The molecule has 2 N–H and O–H groups in total. The van der Waals surface area contributed by atoms with Gasteiger partial charge in [0.1, 0.15) is 5.75 Å². The Labute approximate surface area is 79.7 Å². The van der Waals surface area contributed by atoms with Crippen molar-refractivity contribution in [1.29, 1.82) is 0 Å². The second-order valence-electron chi connectivity index (χ2n) is 3.23. The monoisotopic (exact) mass is 179 g/mol. The van der Waals surface area contributed by atoms with E-state index in [1.54, 1.807) is 0 Å². The van der Waals surface area contributed by atoms with Crippen LogP contribution in [0.4, 0.5) is 5.69 Å². The molecule has 0 aliphatic carbocycles. The molecule has 1 rings (SSSR count). The quantitative estimate of drug-likeness (QED) is 0.569. The number of unbranched alkanes of at least 4 members (excludes halogenated alkanes) is 1. The number of ether oxygens (including phenoxy) is 1. The molecule has 0 amide bonds. The van der Waals surface area contributed by atoms with Gasteiger partial charge in [0, 0.05) is 5.69 Å². The van der Waals surface area contributed by atoms with Gasteiger partial charge in [-0.05, 0) is 37.1 Å². The van der Waals surface area contributed by atoms with E-state index in [1.807, 2.05) is 25.1 Å². The third-order valence-corrected chi connectivity index (χ3v) is 1.95. The molecule has 1 aromatic rings. The van der Waals surface area contributed by atoms with Crippen molar-refractivity contribution in [2.24, 2.45) is 0 Å². The van der Waals surface area contributed by atoms with E-state index in [4.69, 9.17) is 10.5 Å². The molecule has 13 heavy (non-hydrogen) atoms. The molecule has 0 radical (unpaired) electrons. The van der Waals surface area contributed by atoms with E-state index in [-0.39, 0.29) is 0 Å². The highest BCUT2D eigenvalue weighted by Crippen LogP contribution is 2.20. The highest BCUT2D eigenvalue weighted by Gasteiger charge is 1.98. The predicted molar refractivity (Wildman–Crippen MR) is 56.0 cm³/mol. The lowest BCUT2D eigenvalue weighted by molar-refractivity contribution is 0.307. The summed E-state index contributed by atoms with van der Waals surface area (Å²) in [6.45, 7) is 4.96.